The van der Waals surface area contributed by atoms with Gasteiger partial charge in [-0.05, 0) is 6.92 Å². The second-order valence-electron chi connectivity index (χ2n) is 1.90. The number of unbranched alkanes of at least 4 members (excludes halogenated alkanes) is 1. The molecule has 0 aromatic rings. The summed E-state index contributed by atoms with van der Waals surface area (Å²) in [4.78, 5) is 9.41. The van der Waals surface area contributed by atoms with Gasteiger partial charge in [0.15, 0.2) is 6.29 Å². The van der Waals surface area contributed by atoms with Gasteiger partial charge in [0.2, 0.25) is 0 Å². The molecule has 0 saturated heterocycles. The molecule has 0 aliphatic carbocycles. The molecule has 12 heavy (non-hydrogen) atoms. The number of carbonyl (C=O) groups is 1. The molecule has 4 heteroatoms. The van der Waals surface area contributed by atoms with Crippen LogP contribution in [0, 0.1) is 11.3 Å². The quantitative estimate of drug-likeness (QED) is 0.363. The van der Waals surface area contributed by atoms with Crippen LogP contribution >= 0.6 is 0 Å². The Bertz CT molecular complexity index is 127. The lowest BCUT2D eigenvalue weighted by Crippen LogP contribution is -2.05. The maximum Gasteiger partial charge on any atom is 0.154 e. The number of hydrogen-bond acceptors (Lipinski definition) is 4. The van der Waals surface area contributed by atoms with Crippen LogP contribution in [0.4, 0.5) is 0 Å². The third-order valence-electron chi connectivity index (χ3n) is 1.04. The van der Waals surface area contributed by atoms with Gasteiger partial charge in [-0.25, -0.2) is 0 Å². The summed E-state index contributed by atoms with van der Waals surface area (Å²) in [6.45, 7) is 1.83. The van der Waals surface area contributed by atoms with Crippen LogP contribution < -0.4 is 0 Å². The Labute approximate surface area is 73.1 Å². The Morgan fingerprint density at radius 1 is 1.50 bits per heavy atom. The van der Waals surface area contributed by atoms with Crippen molar-refractivity contribution in [1.82, 2.24) is 0 Å². The molecule has 0 saturated carbocycles. The zero-order valence-corrected chi connectivity index (χ0v) is 7.74. The number of rotatable bonds is 4. The Balaban J connectivity index is 0. The first kappa shape index (κ1) is 13.7. The van der Waals surface area contributed by atoms with E-state index in [2.05, 4.69) is 9.47 Å². The molecule has 0 atom stereocenters. The highest BCUT2D eigenvalue weighted by atomic mass is 16.7. The number of carbonyl (C=O) groups excluding carboxylic acids is 1. The number of methoxy groups -OCH3 is 2. The summed E-state index contributed by atoms with van der Waals surface area (Å²) in [5.74, 6) is 0. The molecule has 0 N–H and O–H groups in total. The van der Waals surface area contributed by atoms with Crippen molar-refractivity contribution < 1.29 is 14.3 Å². The second kappa shape index (κ2) is 12.7. The minimum atomic E-state index is -0.0648. The SMILES string of the molecule is COC(C)OC.N#CCCC=O. The molecule has 70 valence electrons. The zero-order valence-electron chi connectivity index (χ0n) is 7.74. The van der Waals surface area contributed by atoms with Gasteiger partial charge < -0.3 is 14.3 Å². The first-order chi connectivity index (χ1) is 5.72. The van der Waals surface area contributed by atoms with Crippen molar-refractivity contribution in [2.75, 3.05) is 14.2 Å². The molecular formula is C8H15NO3. The third-order valence-corrected chi connectivity index (χ3v) is 1.04. The van der Waals surface area contributed by atoms with Crippen LogP contribution in [0.1, 0.15) is 19.8 Å². The second-order valence-corrected chi connectivity index (χ2v) is 1.90. The fourth-order valence-corrected chi connectivity index (χ4v) is 0.220. The minimum Gasteiger partial charge on any atom is -0.356 e. The van der Waals surface area contributed by atoms with E-state index in [9.17, 15) is 4.79 Å². The van der Waals surface area contributed by atoms with Crippen molar-refractivity contribution >= 4 is 6.29 Å². The zero-order chi connectivity index (χ0) is 9.82. The number of nitriles is 1. The summed E-state index contributed by atoms with van der Waals surface area (Å²) < 4.78 is 9.35. The fourth-order valence-electron chi connectivity index (χ4n) is 0.220. The fraction of sp³-hybridized carbons (Fsp3) is 0.750. The number of nitrogens with zero attached hydrogens (tertiary/aromatic N) is 1. The maximum absolute atomic E-state index is 9.41. The number of hydrogen-bond donors (Lipinski definition) is 0. The molecule has 0 fully saturated rings. The normalized spacial score (nSPS) is 8.25. The molecule has 0 bridgehead atoms. The lowest BCUT2D eigenvalue weighted by Gasteiger charge is -2.03. The Morgan fingerprint density at radius 2 is 2.00 bits per heavy atom. The Morgan fingerprint density at radius 3 is 2.08 bits per heavy atom. The van der Waals surface area contributed by atoms with Crippen molar-refractivity contribution in [3.05, 3.63) is 0 Å². The summed E-state index contributed by atoms with van der Waals surface area (Å²) in [6.07, 6.45) is 1.40. The van der Waals surface area contributed by atoms with E-state index in [0.29, 0.717) is 12.8 Å². The van der Waals surface area contributed by atoms with Gasteiger partial charge in [-0.15, -0.1) is 0 Å². The van der Waals surface area contributed by atoms with Gasteiger partial charge in [0.25, 0.3) is 0 Å². The molecule has 0 rings (SSSR count). The third kappa shape index (κ3) is 16.0. The van der Waals surface area contributed by atoms with Crippen molar-refractivity contribution in [3.8, 4) is 6.07 Å². The van der Waals surface area contributed by atoms with Crippen molar-refractivity contribution in [2.45, 2.75) is 26.1 Å². The molecule has 0 aromatic heterocycles. The first-order valence-corrected chi connectivity index (χ1v) is 3.59. The molecule has 0 aliphatic rings. The predicted octanol–water partition coefficient (Wildman–Crippen LogP) is 1.11. The maximum atomic E-state index is 9.41. The van der Waals surface area contributed by atoms with Gasteiger partial charge in [-0.3, -0.25) is 0 Å². The molecule has 0 heterocycles. The largest absolute Gasteiger partial charge is 0.356 e. The van der Waals surface area contributed by atoms with Crippen LogP contribution in [0.25, 0.3) is 0 Å². The molecule has 0 spiro atoms. The summed E-state index contributed by atoms with van der Waals surface area (Å²) in [6, 6.07) is 1.84. The average Bonchev–Trinajstić information content (AvgIpc) is 2.14. The lowest BCUT2D eigenvalue weighted by atomic mass is 10.4. The van der Waals surface area contributed by atoms with Crippen LogP contribution in [-0.4, -0.2) is 26.8 Å². The average molecular weight is 173 g/mol. The molecule has 0 unspecified atom stereocenters. The summed E-state index contributed by atoms with van der Waals surface area (Å²) in [5.41, 5.74) is 0. The predicted molar refractivity (Wildman–Crippen MR) is 44.4 cm³/mol. The van der Waals surface area contributed by atoms with E-state index in [1.54, 1.807) is 14.2 Å². The number of aldehydes is 1. The number of ether oxygens (including phenoxy) is 2. The van der Waals surface area contributed by atoms with Crippen LogP contribution in [-0.2, 0) is 14.3 Å². The van der Waals surface area contributed by atoms with Crippen LogP contribution in [0.2, 0.25) is 0 Å². The highest BCUT2D eigenvalue weighted by Gasteiger charge is 1.87. The molecular weight excluding hydrogens is 158 g/mol. The van der Waals surface area contributed by atoms with E-state index in [0.717, 1.165) is 6.29 Å². The van der Waals surface area contributed by atoms with E-state index < -0.39 is 0 Å². The van der Waals surface area contributed by atoms with E-state index in [-0.39, 0.29) is 6.29 Å². The Kier molecular flexibility index (Phi) is 14.5. The van der Waals surface area contributed by atoms with E-state index in [4.69, 9.17) is 5.26 Å². The topological polar surface area (TPSA) is 59.3 Å². The smallest absolute Gasteiger partial charge is 0.154 e. The van der Waals surface area contributed by atoms with Gasteiger partial charge in [-0.1, -0.05) is 0 Å². The summed E-state index contributed by atoms with van der Waals surface area (Å²) in [5, 5.41) is 7.79. The van der Waals surface area contributed by atoms with Gasteiger partial charge in [0.1, 0.15) is 6.29 Å². The monoisotopic (exact) mass is 173 g/mol. The van der Waals surface area contributed by atoms with Crippen LogP contribution in [0.5, 0.6) is 0 Å². The van der Waals surface area contributed by atoms with Crippen molar-refractivity contribution in [3.63, 3.8) is 0 Å². The van der Waals surface area contributed by atoms with Gasteiger partial charge in [0, 0.05) is 27.1 Å². The van der Waals surface area contributed by atoms with Crippen LogP contribution in [0.15, 0.2) is 0 Å². The standard InChI is InChI=1S/C4H5NO.C4H10O2/c5-3-1-2-4-6;1-4(5-2)6-3/h4H,1-2H2;4H,1-3H3. The molecule has 0 aliphatic heterocycles. The van der Waals surface area contributed by atoms with Crippen LogP contribution in [0.3, 0.4) is 0 Å². The minimum absolute atomic E-state index is 0.0648. The molecule has 4 nitrogen and oxygen atoms in total. The Hall–Kier alpha value is -0.920. The molecule has 0 amide bonds. The van der Waals surface area contributed by atoms with E-state index in [1.807, 2.05) is 13.0 Å². The summed E-state index contributed by atoms with van der Waals surface area (Å²) >= 11 is 0. The first-order valence-electron chi connectivity index (χ1n) is 3.59. The highest BCUT2D eigenvalue weighted by molar-refractivity contribution is 5.49. The lowest BCUT2D eigenvalue weighted by molar-refractivity contribution is -0.107. The summed E-state index contributed by atoms with van der Waals surface area (Å²) in [7, 11) is 3.21. The van der Waals surface area contributed by atoms with Gasteiger partial charge >= 0.3 is 0 Å². The van der Waals surface area contributed by atoms with E-state index >= 15 is 0 Å². The molecule has 0 radical (unpaired) electrons. The molecule has 0 aromatic carbocycles. The van der Waals surface area contributed by atoms with E-state index in [1.165, 1.54) is 0 Å². The van der Waals surface area contributed by atoms with Gasteiger partial charge in [0.05, 0.1) is 6.07 Å². The van der Waals surface area contributed by atoms with Crippen molar-refractivity contribution in [1.29, 1.82) is 5.26 Å². The van der Waals surface area contributed by atoms with Gasteiger partial charge in [-0.2, -0.15) is 5.26 Å². The van der Waals surface area contributed by atoms with Crippen molar-refractivity contribution in [2.24, 2.45) is 0 Å². The highest BCUT2D eigenvalue weighted by Crippen LogP contribution is 1.83.